The van der Waals surface area contributed by atoms with Gasteiger partial charge in [0.1, 0.15) is 6.61 Å². The molecule has 0 fully saturated rings. The molecule has 0 radical (unpaired) electrons. The van der Waals surface area contributed by atoms with Crippen LogP contribution < -0.4 is 14.8 Å². The smallest absolute Gasteiger partial charge is 0.174 e. The Balaban J connectivity index is 2.13. The lowest BCUT2D eigenvalue weighted by Gasteiger charge is -2.16. The zero-order valence-electron chi connectivity index (χ0n) is 13.2. The van der Waals surface area contributed by atoms with Crippen LogP contribution in [0.4, 0.5) is 0 Å². The van der Waals surface area contributed by atoms with Gasteiger partial charge in [-0.2, -0.15) is 0 Å². The summed E-state index contributed by atoms with van der Waals surface area (Å²) < 4.78 is 12.8. The van der Waals surface area contributed by atoms with Crippen molar-refractivity contribution in [1.29, 1.82) is 0 Å². The molecule has 0 unspecified atom stereocenters. The van der Waals surface area contributed by atoms with Gasteiger partial charge in [0.05, 0.1) is 16.8 Å². The summed E-state index contributed by atoms with van der Waals surface area (Å²) in [5, 5.41) is 12.0. The van der Waals surface area contributed by atoms with Crippen molar-refractivity contribution >= 4 is 22.6 Å². The van der Waals surface area contributed by atoms with Crippen molar-refractivity contribution in [2.45, 2.75) is 20.1 Å². The van der Waals surface area contributed by atoms with E-state index in [1.165, 1.54) is 0 Å². The van der Waals surface area contributed by atoms with E-state index in [-0.39, 0.29) is 6.61 Å². The minimum Gasteiger partial charge on any atom is -0.490 e. The first-order chi connectivity index (χ1) is 11.2. The topological polar surface area (TPSA) is 50.7 Å². The highest BCUT2D eigenvalue weighted by Gasteiger charge is 2.12. The van der Waals surface area contributed by atoms with Crippen LogP contribution in [-0.2, 0) is 13.2 Å². The van der Waals surface area contributed by atoms with Crippen molar-refractivity contribution in [3.8, 4) is 11.5 Å². The van der Waals surface area contributed by atoms with Gasteiger partial charge in [0.15, 0.2) is 11.5 Å². The number of hydrogen-bond donors (Lipinski definition) is 2. The molecule has 5 heteroatoms. The zero-order chi connectivity index (χ0) is 16.5. The first kappa shape index (κ1) is 18.0. The lowest BCUT2D eigenvalue weighted by molar-refractivity contribution is 0.267. The summed E-state index contributed by atoms with van der Waals surface area (Å²) >= 11 is 2.27. The molecule has 0 aromatic heterocycles. The molecule has 0 saturated heterocycles. The monoisotopic (exact) mass is 427 g/mol. The van der Waals surface area contributed by atoms with Gasteiger partial charge in [0.2, 0.25) is 0 Å². The predicted octanol–water partition coefficient (Wildman–Crippen LogP) is 3.35. The Labute approximate surface area is 151 Å². The second kappa shape index (κ2) is 9.75. The zero-order valence-corrected chi connectivity index (χ0v) is 15.4. The number of benzene rings is 2. The Morgan fingerprint density at radius 1 is 1.09 bits per heavy atom. The number of ether oxygens (including phenoxy) is 2. The maximum absolute atomic E-state index is 8.85. The third-order valence-corrected chi connectivity index (χ3v) is 4.01. The molecule has 2 rings (SSSR count). The molecule has 0 heterocycles. The Kier molecular flexibility index (Phi) is 7.64. The number of aliphatic hydroxyl groups is 1. The van der Waals surface area contributed by atoms with Crippen LogP contribution in [0.3, 0.4) is 0 Å². The molecule has 23 heavy (non-hydrogen) atoms. The highest BCUT2D eigenvalue weighted by molar-refractivity contribution is 14.1. The SMILES string of the molecule is CCOc1cc(CNCCO)cc(I)c1OCc1ccccc1. The minimum atomic E-state index is 0.133. The van der Waals surface area contributed by atoms with Crippen molar-refractivity contribution < 1.29 is 14.6 Å². The molecule has 0 saturated carbocycles. The first-order valence-electron chi connectivity index (χ1n) is 7.68. The molecule has 2 aromatic carbocycles. The van der Waals surface area contributed by atoms with Crippen molar-refractivity contribution in [3.05, 3.63) is 57.2 Å². The summed E-state index contributed by atoms with van der Waals surface area (Å²) in [4.78, 5) is 0. The standard InChI is InChI=1S/C18H22INO3/c1-2-22-17-11-15(12-20-8-9-21)10-16(19)18(17)23-13-14-6-4-3-5-7-14/h3-7,10-11,20-21H,2,8-9,12-13H2,1H3. The first-order valence-corrected chi connectivity index (χ1v) is 8.76. The molecule has 0 aliphatic rings. The van der Waals surface area contributed by atoms with E-state index in [4.69, 9.17) is 14.6 Å². The van der Waals surface area contributed by atoms with Crippen molar-refractivity contribution in [1.82, 2.24) is 5.32 Å². The van der Waals surface area contributed by atoms with Crippen LogP contribution in [0, 0.1) is 3.57 Å². The minimum absolute atomic E-state index is 0.133. The number of aliphatic hydroxyl groups excluding tert-OH is 1. The average Bonchev–Trinajstić information content (AvgIpc) is 2.55. The third kappa shape index (κ3) is 5.67. The van der Waals surface area contributed by atoms with Gasteiger partial charge in [-0.1, -0.05) is 30.3 Å². The van der Waals surface area contributed by atoms with E-state index in [9.17, 15) is 0 Å². The Morgan fingerprint density at radius 2 is 1.87 bits per heavy atom. The second-order valence-electron chi connectivity index (χ2n) is 5.01. The fraction of sp³-hybridized carbons (Fsp3) is 0.333. The van der Waals surface area contributed by atoms with Gasteiger partial charge in [0.25, 0.3) is 0 Å². The fourth-order valence-electron chi connectivity index (χ4n) is 2.17. The van der Waals surface area contributed by atoms with Crippen LogP contribution in [0.25, 0.3) is 0 Å². The summed E-state index contributed by atoms with van der Waals surface area (Å²) in [7, 11) is 0. The molecule has 4 nitrogen and oxygen atoms in total. The Hall–Kier alpha value is -1.31. The second-order valence-corrected chi connectivity index (χ2v) is 6.17. The van der Waals surface area contributed by atoms with Gasteiger partial charge in [-0.3, -0.25) is 0 Å². The molecule has 0 aliphatic heterocycles. The van der Waals surface area contributed by atoms with Crippen molar-refractivity contribution in [3.63, 3.8) is 0 Å². The number of nitrogens with one attached hydrogen (secondary N) is 1. The van der Waals surface area contributed by atoms with E-state index in [0.29, 0.717) is 26.3 Å². The molecular weight excluding hydrogens is 405 g/mol. The summed E-state index contributed by atoms with van der Waals surface area (Å²) in [5.41, 5.74) is 2.23. The van der Waals surface area contributed by atoms with Gasteiger partial charge in [-0.05, 0) is 52.8 Å². The van der Waals surface area contributed by atoms with Gasteiger partial charge in [-0.25, -0.2) is 0 Å². The summed E-state index contributed by atoms with van der Waals surface area (Å²) in [6.45, 7) is 4.46. The van der Waals surface area contributed by atoms with Gasteiger partial charge in [-0.15, -0.1) is 0 Å². The Morgan fingerprint density at radius 3 is 2.57 bits per heavy atom. The molecule has 124 valence electrons. The van der Waals surface area contributed by atoms with E-state index in [1.54, 1.807) is 0 Å². The van der Waals surface area contributed by atoms with Gasteiger partial charge < -0.3 is 19.9 Å². The van der Waals surface area contributed by atoms with Crippen LogP contribution in [-0.4, -0.2) is 24.9 Å². The number of hydrogen-bond acceptors (Lipinski definition) is 4. The van der Waals surface area contributed by atoms with Crippen LogP contribution in [0.2, 0.25) is 0 Å². The lowest BCUT2D eigenvalue weighted by Crippen LogP contribution is -2.17. The van der Waals surface area contributed by atoms with E-state index < -0.39 is 0 Å². The number of rotatable bonds is 9. The highest BCUT2D eigenvalue weighted by atomic mass is 127. The lowest BCUT2D eigenvalue weighted by atomic mass is 10.2. The molecular formula is C18H22INO3. The number of halogens is 1. The normalized spacial score (nSPS) is 10.6. The van der Waals surface area contributed by atoms with E-state index >= 15 is 0 Å². The molecule has 0 amide bonds. The molecule has 0 bridgehead atoms. The quantitative estimate of drug-likeness (QED) is 0.476. The molecule has 2 aromatic rings. The van der Waals surface area contributed by atoms with E-state index in [2.05, 4.69) is 34.0 Å². The van der Waals surface area contributed by atoms with Crippen LogP contribution >= 0.6 is 22.6 Å². The molecule has 0 aliphatic carbocycles. The maximum atomic E-state index is 8.85. The predicted molar refractivity (Wildman–Crippen MR) is 99.9 cm³/mol. The maximum Gasteiger partial charge on any atom is 0.174 e. The summed E-state index contributed by atoms with van der Waals surface area (Å²) in [5.74, 6) is 1.54. The van der Waals surface area contributed by atoms with Gasteiger partial charge >= 0.3 is 0 Å². The average molecular weight is 427 g/mol. The van der Waals surface area contributed by atoms with E-state index in [1.807, 2.05) is 43.3 Å². The van der Waals surface area contributed by atoms with Crippen LogP contribution in [0.1, 0.15) is 18.1 Å². The molecule has 2 N–H and O–H groups in total. The fourth-order valence-corrected chi connectivity index (χ4v) is 2.99. The molecule has 0 atom stereocenters. The third-order valence-electron chi connectivity index (χ3n) is 3.21. The molecule has 0 spiro atoms. The van der Waals surface area contributed by atoms with Crippen molar-refractivity contribution in [2.24, 2.45) is 0 Å². The highest BCUT2D eigenvalue weighted by Crippen LogP contribution is 2.34. The van der Waals surface area contributed by atoms with Crippen LogP contribution in [0.15, 0.2) is 42.5 Å². The summed E-state index contributed by atoms with van der Waals surface area (Å²) in [6.07, 6.45) is 0. The summed E-state index contributed by atoms with van der Waals surface area (Å²) in [6, 6.07) is 14.2. The van der Waals surface area contributed by atoms with Gasteiger partial charge in [0, 0.05) is 13.1 Å². The van der Waals surface area contributed by atoms with Crippen LogP contribution in [0.5, 0.6) is 11.5 Å². The Bertz CT molecular complexity index is 605. The van der Waals surface area contributed by atoms with E-state index in [0.717, 1.165) is 26.2 Å². The van der Waals surface area contributed by atoms with Crippen molar-refractivity contribution in [2.75, 3.05) is 19.8 Å². The largest absolute Gasteiger partial charge is 0.490 e.